The highest BCUT2D eigenvalue weighted by Crippen LogP contribution is 2.04. The van der Waals surface area contributed by atoms with Gasteiger partial charge in [-0.25, -0.2) is 0 Å². The third-order valence-electron chi connectivity index (χ3n) is 3.71. The minimum Gasteiger partial charge on any atom is -0.355 e. The first kappa shape index (κ1) is 23.2. The first-order valence-corrected chi connectivity index (χ1v) is 8.79. The highest BCUT2D eigenvalue weighted by atomic mass is 16.2. The zero-order valence-electron chi connectivity index (χ0n) is 16.8. The average Bonchev–Trinajstić information content (AvgIpc) is 2.74. The van der Waals surface area contributed by atoms with Crippen LogP contribution in [0.4, 0.5) is 0 Å². The van der Waals surface area contributed by atoms with Crippen LogP contribution in [0.1, 0.15) is 28.4 Å². The molecule has 2 N–H and O–H groups in total. The zero-order valence-corrected chi connectivity index (χ0v) is 16.8. The molecule has 0 atom stereocenters. The van der Waals surface area contributed by atoms with Crippen molar-refractivity contribution in [1.82, 2.24) is 15.2 Å². The van der Waals surface area contributed by atoms with E-state index in [1.165, 1.54) is 13.3 Å². The summed E-state index contributed by atoms with van der Waals surface area (Å²) in [5.41, 5.74) is 2.42. The van der Waals surface area contributed by atoms with Crippen LogP contribution in [0, 0.1) is 6.92 Å². The number of carbonyl (C=O) groups is 2. The van der Waals surface area contributed by atoms with E-state index in [-0.39, 0.29) is 17.0 Å². The summed E-state index contributed by atoms with van der Waals surface area (Å²) in [6.45, 7) is 7.25. The van der Waals surface area contributed by atoms with Crippen molar-refractivity contribution in [2.24, 2.45) is 10.2 Å². The van der Waals surface area contributed by atoms with Crippen LogP contribution in [0.2, 0.25) is 0 Å². The van der Waals surface area contributed by atoms with E-state index in [4.69, 9.17) is 0 Å². The number of carbonyl (C=O) groups excluding carboxylic acids is 2. The summed E-state index contributed by atoms with van der Waals surface area (Å²) >= 11 is 0. The summed E-state index contributed by atoms with van der Waals surface area (Å²) < 4.78 is 1.56. The van der Waals surface area contributed by atoms with Crippen molar-refractivity contribution >= 4 is 25.2 Å². The quantitative estimate of drug-likeness (QED) is 0.425. The number of aryl methyl sites for hydroxylation is 1. The fourth-order valence-corrected chi connectivity index (χ4v) is 2.35. The third kappa shape index (κ3) is 7.76. The van der Waals surface area contributed by atoms with Crippen molar-refractivity contribution in [3.8, 4) is 0 Å². The lowest BCUT2D eigenvalue weighted by Gasteiger charge is -2.09. The smallest absolute Gasteiger partial charge is 0.263 e. The fraction of sp³-hybridized carbons (Fsp3) is 0.190. The Bertz CT molecular complexity index is 947. The van der Waals surface area contributed by atoms with E-state index in [1.807, 2.05) is 37.3 Å². The SMILES string of the molecule is C=N/N=C\C(=C/C)NC=O.CNC(=O)c1cc(C)cn(Cc2ccccc2)c1=O. The minimum absolute atomic E-state index is 0.179. The average molecular weight is 395 g/mol. The lowest BCUT2D eigenvalue weighted by Crippen LogP contribution is -2.31. The molecular weight excluding hydrogens is 370 g/mol. The second-order valence-corrected chi connectivity index (χ2v) is 5.82. The van der Waals surface area contributed by atoms with Crippen LogP contribution < -0.4 is 16.2 Å². The van der Waals surface area contributed by atoms with Crippen LogP contribution in [-0.2, 0) is 11.3 Å². The molecule has 2 aromatic rings. The summed E-state index contributed by atoms with van der Waals surface area (Å²) in [6.07, 6.45) is 5.44. The number of rotatable bonds is 7. The Labute approximate surface area is 169 Å². The number of aromatic nitrogens is 1. The molecule has 29 heavy (non-hydrogen) atoms. The van der Waals surface area contributed by atoms with Gasteiger partial charge in [-0.3, -0.25) is 14.4 Å². The van der Waals surface area contributed by atoms with Crippen LogP contribution in [0.5, 0.6) is 0 Å². The molecule has 2 amide bonds. The van der Waals surface area contributed by atoms with Gasteiger partial charge in [-0.2, -0.15) is 10.2 Å². The highest BCUT2D eigenvalue weighted by molar-refractivity contribution is 5.93. The number of amides is 2. The summed E-state index contributed by atoms with van der Waals surface area (Å²) in [5.74, 6) is -0.351. The van der Waals surface area contributed by atoms with Gasteiger partial charge in [0.05, 0.1) is 18.5 Å². The Balaban J connectivity index is 0.000000359. The van der Waals surface area contributed by atoms with E-state index in [0.29, 0.717) is 18.7 Å². The van der Waals surface area contributed by atoms with Crippen LogP contribution in [-0.4, -0.2) is 36.9 Å². The number of nitrogens with one attached hydrogen (secondary N) is 2. The Morgan fingerprint density at radius 2 is 1.97 bits per heavy atom. The topological polar surface area (TPSA) is 105 Å². The Morgan fingerprint density at radius 1 is 1.28 bits per heavy atom. The molecule has 2 rings (SSSR count). The Hall–Kier alpha value is -3.81. The summed E-state index contributed by atoms with van der Waals surface area (Å²) in [4.78, 5) is 33.8. The standard InChI is InChI=1S/C15H16N2O2.C6H9N3O/c1-11-8-13(14(18)16-2)15(19)17(9-11)10-12-6-4-3-5-7-12;1-3-6(8-5-10)4-9-7-2/h3-9H,10H2,1-2H3,(H,16,18);3-5H,2H2,1H3,(H,8,10)/b;6-3+,9-4-. The molecule has 0 saturated carbocycles. The second-order valence-electron chi connectivity index (χ2n) is 5.82. The maximum Gasteiger partial charge on any atom is 0.263 e. The number of nitrogens with zero attached hydrogens (tertiary/aromatic N) is 3. The molecule has 0 aliphatic heterocycles. The zero-order chi connectivity index (χ0) is 21.6. The molecule has 0 aliphatic rings. The van der Waals surface area contributed by atoms with Crippen LogP contribution >= 0.6 is 0 Å². The molecule has 8 heteroatoms. The first-order chi connectivity index (χ1) is 14.0. The molecular formula is C21H25N5O3. The van der Waals surface area contributed by atoms with E-state index in [2.05, 4.69) is 27.6 Å². The molecule has 152 valence electrons. The summed E-state index contributed by atoms with van der Waals surface area (Å²) in [5, 5.41) is 11.6. The third-order valence-corrected chi connectivity index (χ3v) is 3.71. The van der Waals surface area contributed by atoms with Gasteiger partial charge < -0.3 is 15.2 Å². The molecule has 0 radical (unpaired) electrons. The van der Waals surface area contributed by atoms with Crippen LogP contribution in [0.15, 0.2) is 69.4 Å². The molecule has 0 fully saturated rings. The molecule has 1 aromatic heterocycles. The van der Waals surface area contributed by atoms with Crippen molar-refractivity contribution < 1.29 is 9.59 Å². The fourth-order valence-electron chi connectivity index (χ4n) is 2.35. The molecule has 0 unspecified atom stereocenters. The number of benzene rings is 1. The van der Waals surface area contributed by atoms with E-state index in [1.54, 1.807) is 29.8 Å². The summed E-state index contributed by atoms with van der Waals surface area (Å²) in [6, 6.07) is 11.3. The van der Waals surface area contributed by atoms with E-state index < -0.39 is 0 Å². The maximum atomic E-state index is 12.2. The predicted octanol–water partition coefficient (Wildman–Crippen LogP) is 1.89. The molecule has 0 bridgehead atoms. The number of pyridine rings is 1. The van der Waals surface area contributed by atoms with Gasteiger partial charge in [0.2, 0.25) is 6.41 Å². The van der Waals surface area contributed by atoms with Crippen molar-refractivity contribution in [1.29, 1.82) is 0 Å². The van der Waals surface area contributed by atoms with Crippen molar-refractivity contribution in [3.05, 3.63) is 81.4 Å². The molecule has 0 spiro atoms. The largest absolute Gasteiger partial charge is 0.355 e. The summed E-state index contributed by atoms with van der Waals surface area (Å²) in [7, 11) is 1.52. The molecule has 8 nitrogen and oxygen atoms in total. The van der Waals surface area contributed by atoms with E-state index in [9.17, 15) is 14.4 Å². The van der Waals surface area contributed by atoms with E-state index >= 15 is 0 Å². The van der Waals surface area contributed by atoms with Crippen molar-refractivity contribution in [3.63, 3.8) is 0 Å². The molecule has 1 aromatic carbocycles. The van der Waals surface area contributed by atoms with Gasteiger partial charge in [0, 0.05) is 20.0 Å². The van der Waals surface area contributed by atoms with Gasteiger partial charge >= 0.3 is 0 Å². The van der Waals surface area contributed by atoms with Gasteiger partial charge in [-0.1, -0.05) is 36.4 Å². The molecule has 1 heterocycles. The lowest BCUT2D eigenvalue weighted by atomic mass is 10.1. The minimum atomic E-state index is -0.351. The van der Waals surface area contributed by atoms with Gasteiger partial charge in [0.1, 0.15) is 5.56 Å². The van der Waals surface area contributed by atoms with Crippen LogP contribution in [0.3, 0.4) is 0 Å². The normalized spacial score (nSPS) is 10.7. The van der Waals surface area contributed by atoms with E-state index in [0.717, 1.165) is 11.1 Å². The first-order valence-electron chi connectivity index (χ1n) is 8.79. The van der Waals surface area contributed by atoms with Gasteiger partial charge in [0.15, 0.2) is 0 Å². The highest BCUT2D eigenvalue weighted by Gasteiger charge is 2.11. The number of allylic oxidation sites excluding steroid dienone is 2. The van der Waals surface area contributed by atoms with Gasteiger partial charge in [-0.15, -0.1) is 0 Å². The van der Waals surface area contributed by atoms with Gasteiger partial charge in [-0.05, 0) is 31.0 Å². The molecule has 0 saturated heterocycles. The van der Waals surface area contributed by atoms with Crippen LogP contribution in [0.25, 0.3) is 0 Å². The second kappa shape index (κ2) is 12.6. The van der Waals surface area contributed by atoms with Gasteiger partial charge in [0.25, 0.3) is 11.5 Å². The monoisotopic (exact) mass is 395 g/mol. The Kier molecular flexibility index (Phi) is 10.1. The predicted molar refractivity (Wildman–Crippen MR) is 115 cm³/mol. The number of hydrogen-bond acceptors (Lipinski definition) is 5. The molecule has 0 aliphatic carbocycles. The lowest BCUT2D eigenvalue weighted by molar-refractivity contribution is -0.108. The Morgan fingerprint density at radius 3 is 2.52 bits per heavy atom. The maximum absolute atomic E-state index is 12.2. The number of hydrogen-bond donors (Lipinski definition) is 2. The van der Waals surface area contributed by atoms with Crippen molar-refractivity contribution in [2.75, 3.05) is 7.05 Å². The van der Waals surface area contributed by atoms with Crippen molar-refractivity contribution in [2.45, 2.75) is 20.4 Å².